The largest absolute Gasteiger partial charge is 0.472 e. The van der Waals surface area contributed by atoms with Crippen LogP contribution < -0.4 is 0 Å². The molecule has 0 aliphatic rings. The molecule has 5 atom stereocenters. The third-order valence-electron chi connectivity index (χ3n) is 20.6. The Morgan fingerprint density at radius 1 is 0.226 bits per heavy atom. The van der Waals surface area contributed by atoms with Gasteiger partial charge in [-0.25, -0.2) is 9.13 Å². The molecular weight excluding hydrogens is 1380 g/mol. The van der Waals surface area contributed by atoms with Gasteiger partial charge in [-0.15, -0.1) is 0 Å². The lowest BCUT2D eigenvalue weighted by atomic mass is 10.0. The SMILES string of the molecule is CCCCCCCCCCCCCCCCCCCCCCCCC(=O)O[C@H](COC(=O)CCCCCCCCCCCCCCCCCCCCCCC)COP(=O)(O)OC[C@@H](O)COP(=O)(O)OC[C@@H](COC(=O)CCCCCCCCCCCCC)OC(=O)CCCCCCCCCCCCCC. The number of unbranched alkanes of at least 4 members (excludes halogenated alkanes) is 62. The van der Waals surface area contributed by atoms with E-state index in [1.54, 1.807) is 0 Å². The molecule has 0 spiro atoms. The molecule has 0 saturated carbocycles. The lowest BCUT2D eigenvalue weighted by Crippen LogP contribution is -2.30. The average Bonchev–Trinajstić information content (AvgIpc) is 0.905. The predicted molar refractivity (Wildman–Crippen MR) is 437 cm³/mol. The first-order chi connectivity index (χ1) is 51.7. The molecule has 106 heavy (non-hydrogen) atoms. The summed E-state index contributed by atoms with van der Waals surface area (Å²) in [7, 11) is -9.92. The number of phosphoric acid groups is 2. The average molecular weight is 1550 g/mol. The van der Waals surface area contributed by atoms with Crippen molar-refractivity contribution in [2.45, 2.75) is 495 Å². The Hall–Kier alpha value is -1.94. The van der Waals surface area contributed by atoms with E-state index in [1.807, 2.05) is 0 Å². The Balaban J connectivity index is 5.19. The van der Waals surface area contributed by atoms with Gasteiger partial charge >= 0.3 is 39.5 Å². The maximum Gasteiger partial charge on any atom is 0.472 e. The van der Waals surface area contributed by atoms with Crippen LogP contribution in [0.4, 0.5) is 0 Å². The first-order valence-electron chi connectivity index (χ1n) is 45.3. The van der Waals surface area contributed by atoms with E-state index < -0.39 is 97.5 Å². The Labute approximate surface area is 651 Å². The normalized spacial score (nSPS) is 13.7. The second-order valence-electron chi connectivity index (χ2n) is 31.3. The Kier molecular flexibility index (Phi) is 79.6. The summed E-state index contributed by atoms with van der Waals surface area (Å²) >= 11 is 0. The van der Waals surface area contributed by atoms with Gasteiger partial charge in [0.25, 0.3) is 0 Å². The summed E-state index contributed by atoms with van der Waals surface area (Å²) in [4.78, 5) is 73.2. The molecule has 0 aromatic heterocycles. The van der Waals surface area contributed by atoms with Gasteiger partial charge in [-0.3, -0.25) is 37.3 Å². The molecule has 0 heterocycles. The maximum absolute atomic E-state index is 13.2. The third-order valence-corrected chi connectivity index (χ3v) is 22.5. The van der Waals surface area contributed by atoms with Gasteiger partial charge in [0.05, 0.1) is 26.4 Å². The molecular formula is C87H170O17P2. The van der Waals surface area contributed by atoms with Gasteiger partial charge in [0.15, 0.2) is 12.2 Å². The number of carbonyl (C=O) groups excluding carboxylic acids is 4. The van der Waals surface area contributed by atoms with E-state index in [-0.39, 0.29) is 25.7 Å². The zero-order valence-electron chi connectivity index (χ0n) is 69.4. The zero-order chi connectivity index (χ0) is 77.4. The lowest BCUT2D eigenvalue weighted by molar-refractivity contribution is -0.161. The molecule has 0 radical (unpaired) electrons. The fourth-order valence-electron chi connectivity index (χ4n) is 13.7. The van der Waals surface area contributed by atoms with Crippen LogP contribution in [0.2, 0.25) is 0 Å². The number of hydrogen-bond acceptors (Lipinski definition) is 15. The third kappa shape index (κ3) is 80.1. The molecule has 0 rings (SSSR count). The summed E-state index contributed by atoms with van der Waals surface area (Å²) in [5.74, 6) is -2.10. The van der Waals surface area contributed by atoms with E-state index in [0.29, 0.717) is 25.7 Å². The van der Waals surface area contributed by atoms with Crippen LogP contribution in [0, 0.1) is 0 Å². The van der Waals surface area contributed by atoms with Gasteiger partial charge in [0.2, 0.25) is 0 Å². The lowest BCUT2D eigenvalue weighted by Gasteiger charge is -2.21. The quantitative estimate of drug-likeness (QED) is 0.0222. The predicted octanol–water partition coefficient (Wildman–Crippen LogP) is 26.9. The number of carbonyl (C=O) groups is 4. The summed E-state index contributed by atoms with van der Waals surface area (Å²) < 4.78 is 68.9. The number of ether oxygens (including phenoxy) is 4. The van der Waals surface area contributed by atoms with E-state index in [9.17, 15) is 43.2 Å². The molecule has 0 fully saturated rings. The summed E-state index contributed by atoms with van der Waals surface area (Å²) in [6.07, 6.45) is 76.5. The van der Waals surface area contributed by atoms with E-state index in [2.05, 4.69) is 27.7 Å². The molecule has 2 unspecified atom stereocenters. The molecule has 17 nitrogen and oxygen atoms in total. The van der Waals surface area contributed by atoms with Crippen LogP contribution in [0.5, 0.6) is 0 Å². The van der Waals surface area contributed by atoms with Crippen molar-refractivity contribution in [3.63, 3.8) is 0 Å². The number of esters is 4. The van der Waals surface area contributed by atoms with Crippen LogP contribution in [-0.2, 0) is 65.4 Å². The molecule has 0 aromatic carbocycles. The van der Waals surface area contributed by atoms with E-state index in [1.165, 1.54) is 308 Å². The molecule has 0 bridgehead atoms. The van der Waals surface area contributed by atoms with Crippen LogP contribution in [0.3, 0.4) is 0 Å². The topological polar surface area (TPSA) is 237 Å². The molecule has 3 N–H and O–H groups in total. The van der Waals surface area contributed by atoms with Crippen LogP contribution in [0.15, 0.2) is 0 Å². The highest BCUT2D eigenvalue weighted by Crippen LogP contribution is 2.45. The zero-order valence-corrected chi connectivity index (χ0v) is 71.2. The molecule has 0 amide bonds. The van der Waals surface area contributed by atoms with Crippen molar-refractivity contribution in [3.05, 3.63) is 0 Å². The van der Waals surface area contributed by atoms with Crippen molar-refractivity contribution in [1.82, 2.24) is 0 Å². The number of aliphatic hydroxyl groups excluding tert-OH is 1. The van der Waals surface area contributed by atoms with Crippen LogP contribution in [0.25, 0.3) is 0 Å². The summed E-state index contributed by atoms with van der Waals surface area (Å²) in [5, 5.41) is 10.7. The Morgan fingerprint density at radius 2 is 0.377 bits per heavy atom. The summed E-state index contributed by atoms with van der Waals surface area (Å²) in [5.41, 5.74) is 0. The fraction of sp³-hybridized carbons (Fsp3) is 0.954. The van der Waals surface area contributed by atoms with Crippen molar-refractivity contribution in [2.75, 3.05) is 39.6 Å². The first-order valence-corrected chi connectivity index (χ1v) is 48.3. The molecule has 0 aromatic rings. The van der Waals surface area contributed by atoms with Crippen LogP contribution >= 0.6 is 15.6 Å². The standard InChI is InChI=1S/C87H170O17P2/c1-5-9-13-17-21-25-29-32-34-36-38-40-42-44-46-48-50-54-58-62-66-70-74-87(92)104-83(78-98-85(90)72-68-64-60-56-53-49-47-45-43-41-39-37-35-33-30-26-22-18-14-10-6-2)80-102-106(95,96)100-76-81(88)75-99-105(93,94)101-79-82(77-97-84(89)71-67-63-59-55-51-28-24-20-16-12-8-4)103-86(91)73-69-65-61-57-52-31-27-23-19-15-11-7-3/h81-83,88H,5-80H2,1-4H3,(H,93,94)(H,95,96)/t81-,82+,83+/m0/s1. The van der Waals surface area contributed by atoms with Crippen molar-refractivity contribution >= 4 is 39.5 Å². The highest BCUT2D eigenvalue weighted by molar-refractivity contribution is 7.47. The van der Waals surface area contributed by atoms with Crippen molar-refractivity contribution in [1.29, 1.82) is 0 Å². The molecule has 0 aliphatic heterocycles. The smallest absolute Gasteiger partial charge is 0.462 e. The summed E-state index contributed by atoms with van der Waals surface area (Å²) in [6, 6.07) is 0. The van der Waals surface area contributed by atoms with Crippen molar-refractivity contribution < 1.29 is 80.2 Å². The van der Waals surface area contributed by atoms with E-state index in [4.69, 9.17) is 37.0 Å². The van der Waals surface area contributed by atoms with E-state index >= 15 is 0 Å². The monoisotopic (exact) mass is 1550 g/mol. The van der Waals surface area contributed by atoms with Gasteiger partial charge in [0, 0.05) is 25.7 Å². The van der Waals surface area contributed by atoms with Gasteiger partial charge in [0.1, 0.15) is 19.3 Å². The second-order valence-corrected chi connectivity index (χ2v) is 34.2. The van der Waals surface area contributed by atoms with Gasteiger partial charge in [-0.1, -0.05) is 426 Å². The number of hydrogen-bond donors (Lipinski definition) is 3. The Morgan fingerprint density at radius 3 is 0.557 bits per heavy atom. The fourth-order valence-corrected chi connectivity index (χ4v) is 15.3. The molecule has 0 saturated heterocycles. The Bertz CT molecular complexity index is 2000. The van der Waals surface area contributed by atoms with Gasteiger partial charge in [-0.2, -0.15) is 0 Å². The van der Waals surface area contributed by atoms with Crippen molar-refractivity contribution in [2.24, 2.45) is 0 Å². The summed E-state index contributed by atoms with van der Waals surface area (Å²) in [6.45, 7) is 5.05. The van der Waals surface area contributed by atoms with Gasteiger partial charge in [-0.05, 0) is 25.7 Å². The minimum absolute atomic E-state index is 0.108. The minimum atomic E-state index is -4.97. The van der Waals surface area contributed by atoms with Crippen LogP contribution in [0.1, 0.15) is 477 Å². The number of aliphatic hydroxyl groups is 1. The molecule has 19 heteroatoms. The maximum atomic E-state index is 13.2. The highest BCUT2D eigenvalue weighted by Gasteiger charge is 2.30. The molecule has 630 valence electrons. The second kappa shape index (κ2) is 81.1. The minimum Gasteiger partial charge on any atom is -0.462 e. The van der Waals surface area contributed by atoms with Crippen LogP contribution in [-0.4, -0.2) is 96.7 Å². The first kappa shape index (κ1) is 104. The highest BCUT2D eigenvalue weighted by atomic mass is 31.2. The number of phosphoric ester groups is 2. The van der Waals surface area contributed by atoms with E-state index in [0.717, 1.165) is 89.9 Å². The number of rotatable bonds is 88. The van der Waals surface area contributed by atoms with Crippen molar-refractivity contribution in [3.8, 4) is 0 Å². The van der Waals surface area contributed by atoms with Gasteiger partial charge < -0.3 is 33.8 Å². The molecule has 0 aliphatic carbocycles.